The van der Waals surface area contributed by atoms with Crippen molar-refractivity contribution in [2.24, 2.45) is 0 Å². The Morgan fingerprint density at radius 1 is 1.08 bits per heavy atom. The van der Waals surface area contributed by atoms with Crippen LogP contribution in [0, 0.1) is 17.1 Å². The normalized spacial score (nSPS) is 16.3. The van der Waals surface area contributed by atoms with Crippen LogP contribution in [0.5, 0.6) is 11.5 Å². The second-order valence-corrected chi connectivity index (χ2v) is 9.15. The average molecular weight is 501 g/mol. The molecule has 3 aromatic rings. The summed E-state index contributed by atoms with van der Waals surface area (Å²) >= 11 is 0. The van der Waals surface area contributed by atoms with Crippen LogP contribution in [0.15, 0.2) is 79.4 Å². The Kier molecular flexibility index (Phi) is 8.95. The summed E-state index contributed by atoms with van der Waals surface area (Å²) in [5.74, 6) is 1.21. The Morgan fingerprint density at radius 3 is 2.57 bits per heavy atom. The lowest BCUT2D eigenvalue weighted by Crippen LogP contribution is -2.31. The number of halogens is 1. The minimum Gasteiger partial charge on any atom is -0.493 e. The van der Waals surface area contributed by atoms with Crippen LogP contribution in [0.25, 0.3) is 0 Å². The van der Waals surface area contributed by atoms with Crippen LogP contribution in [0.2, 0.25) is 0 Å². The van der Waals surface area contributed by atoms with Crippen molar-refractivity contribution in [3.63, 3.8) is 0 Å². The molecule has 0 amide bonds. The van der Waals surface area contributed by atoms with Gasteiger partial charge in [-0.05, 0) is 78.9 Å². The molecule has 0 spiro atoms. The predicted octanol–water partition coefficient (Wildman–Crippen LogP) is 6.22. The highest BCUT2D eigenvalue weighted by atomic mass is 19.1. The smallest absolute Gasteiger partial charge is 0.161 e. The number of nitrogens with zero attached hydrogens (tertiary/aromatic N) is 2. The van der Waals surface area contributed by atoms with Gasteiger partial charge in [0.1, 0.15) is 11.4 Å². The molecular formula is C31H33FN2O3. The first kappa shape index (κ1) is 26.4. The zero-order valence-electron chi connectivity index (χ0n) is 21.3. The Hall–Kier alpha value is -3.66. The van der Waals surface area contributed by atoms with Gasteiger partial charge >= 0.3 is 0 Å². The molecule has 0 radical (unpaired) electrons. The van der Waals surface area contributed by atoms with Crippen LogP contribution >= 0.6 is 0 Å². The lowest BCUT2D eigenvalue weighted by Gasteiger charge is -2.32. The van der Waals surface area contributed by atoms with E-state index in [1.807, 2.05) is 48.5 Å². The molecule has 192 valence electrons. The van der Waals surface area contributed by atoms with Gasteiger partial charge in [0.25, 0.3) is 0 Å². The molecule has 6 heteroatoms. The van der Waals surface area contributed by atoms with Crippen LogP contribution in [-0.2, 0) is 16.9 Å². The Morgan fingerprint density at radius 2 is 1.84 bits per heavy atom. The first-order valence-electron chi connectivity index (χ1n) is 12.6. The van der Waals surface area contributed by atoms with E-state index in [9.17, 15) is 9.65 Å². The van der Waals surface area contributed by atoms with Crippen molar-refractivity contribution in [2.45, 2.75) is 31.5 Å². The van der Waals surface area contributed by atoms with Gasteiger partial charge in [-0.3, -0.25) is 4.90 Å². The summed E-state index contributed by atoms with van der Waals surface area (Å²) in [7, 11) is 1.64. The summed E-state index contributed by atoms with van der Waals surface area (Å²) in [6, 6.07) is 22.1. The van der Waals surface area contributed by atoms with Crippen LogP contribution in [0.3, 0.4) is 0 Å². The van der Waals surface area contributed by atoms with Gasteiger partial charge in [0, 0.05) is 13.1 Å². The molecule has 1 aliphatic heterocycles. The lowest BCUT2D eigenvalue weighted by atomic mass is 9.81. The zero-order chi connectivity index (χ0) is 26.1. The molecule has 1 unspecified atom stereocenters. The minimum atomic E-state index is -0.663. The fourth-order valence-electron chi connectivity index (χ4n) is 5.00. The van der Waals surface area contributed by atoms with Crippen LogP contribution in [0.4, 0.5) is 4.39 Å². The maximum Gasteiger partial charge on any atom is 0.161 e. The van der Waals surface area contributed by atoms with E-state index in [2.05, 4.69) is 17.5 Å². The van der Waals surface area contributed by atoms with Crippen molar-refractivity contribution >= 4 is 0 Å². The molecule has 0 N–H and O–H groups in total. The third-order valence-electron chi connectivity index (χ3n) is 6.79. The lowest BCUT2D eigenvalue weighted by molar-refractivity contribution is -0.0145. The fourth-order valence-corrected chi connectivity index (χ4v) is 5.00. The summed E-state index contributed by atoms with van der Waals surface area (Å²) in [5, 5.41) is 9.32. The zero-order valence-corrected chi connectivity index (χ0v) is 21.3. The molecule has 37 heavy (non-hydrogen) atoms. The van der Waals surface area contributed by atoms with Crippen LogP contribution in [0.1, 0.15) is 41.5 Å². The summed E-state index contributed by atoms with van der Waals surface area (Å²) in [4.78, 5) is 2.35. The van der Waals surface area contributed by atoms with E-state index >= 15 is 0 Å². The monoisotopic (exact) mass is 500 g/mol. The van der Waals surface area contributed by atoms with E-state index < -0.39 is 5.60 Å². The second-order valence-electron chi connectivity index (χ2n) is 9.15. The van der Waals surface area contributed by atoms with E-state index in [4.69, 9.17) is 14.2 Å². The Bertz CT molecular complexity index is 1240. The van der Waals surface area contributed by atoms with Gasteiger partial charge in [-0.15, -0.1) is 6.58 Å². The molecule has 1 atom stereocenters. The topological polar surface area (TPSA) is 54.7 Å². The van der Waals surface area contributed by atoms with Crippen molar-refractivity contribution in [3.05, 3.63) is 107 Å². The predicted molar refractivity (Wildman–Crippen MR) is 142 cm³/mol. The van der Waals surface area contributed by atoms with Gasteiger partial charge in [-0.25, -0.2) is 4.39 Å². The van der Waals surface area contributed by atoms with Gasteiger partial charge in [0.05, 0.1) is 32.0 Å². The van der Waals surface area contributed by atoms with Crippen molar-refractivity contribution in [3.8, 4) is 17.6 Å². The van der Waals surface area contributed by atoms with E-state index in [1.165, 1.54) is 12.1 Å². The molecule has 1 aliphatic rings. The molecule has 0 bridgehead atoms. The standard InChI is InChI=1S/C31H33FN2O3/c1-3-17-34(19-7-20-36-30-9-5-4-8-29(30)35-2)18-6-16-31(26-11-13-27(32)14-12-26)28-15-10-24(22-33)21-25(28)23-37-31/h3-5,8-15,21H,1,6-7,16-20,23H2,2H3. The van der Waals surface area contributed by atoms with Gasteiger partial charge in [0.2, 0.25) is 0 Å². The molecule has 0 aliphatic carbocycles. The Labute approximate surface area is 218 Å². The first-order chi connectivity index (χ1) is 18.1. The number of hydrogen-bond donors (Lipinski definition) is 0. The van der Waals surface area contributed by atoms with Crippen molar-refractivity contribution in [1.29, 1.82) is 5.26 Å². The average Bonchev–Trinajstić information content (AvgIpc) is 3.30. The largest absolute Gasteiger partial charge is 0.493 e. The number of rotatable bonds is 13. The highest BCUT2D eigenvalue weighted by molar-refractivity contribution is 5.48. The molecule has 3 aromatic carbocycles. The Balaban J connectivity index is 1.40. The van der Waals surface area contributed by atoms with E-state index in [0.29, 0.717) is 18.8 Å². The van der Waals surface area contributed by atoms with Gasteiger partial charge in [-0.1, -0.05) is 36.4 Å². The van der Waals surface area contributed by atoms with Crippen molar-refractivity contribution < 1.29 is 18.6 Å². The highest BCUT2D eigenvalue weighted by Gasteiger charge is 2.41. The number of hydrogen-bond acceptors (Lipinski definition) is 5. The number of nitriles is 1. The van der Waals surface area contributed by atoms with Crippen LogP contribution in [-0.4, -0.2) is 38.3 Å². The van der Waals surface area contributed by atoms with Crippen molar-refractivity contribution in [1.82, 2.24) is 4.90 Å². The molecule has 0 saturated carbocycles. The van der Waals surface area contributed by atoms with E-state index in [1.54, 1.807) is 19.2 Å². The third kappa shape index (κ3) is 6.19. The number of fused-ring (bicyclic) bond motifs is 1. The number of ether oxygens (including phenoxy) is 3. The highest BCUT2D eigenvalue weighted by Crippen LogP contribution is 2.45. The minimum absolute atomic E-state index is 0.274. The SMILES string of the molecule is C=CCN(CCCOc1ccccc1OC)CCCC1(c2ccc(F)cc2)OCc2cc(C#N)ccc21. The van der Waals surface area contributed by atoms with Crippen LogP contribution < -0.4 is 9.47 Å². The summed E-state index contributed by atoms with van der Waals surface area (Å²) in [6.45, 7) is 7.45. The number of benzene rings is 3. The fraction of sp³-hybridized carbons (Fsp3) is 0.323. The number of methoxy groups -OCH3 is 1. The quantitative estimate of drug-likeness (QED) is 0.206. The molecular weight excluding hydrogens is 467 g/mol. The first-order valence-corrected chi connectivity index (χ1v) is 12.6. The van der Waals surface area contributed by atoms with Gasteiger partial charge in [-0.2, -0.15) is 5.26 Å². The molecule has 0 saturated heterocycles. The maximum absolute atomic E-state index is 13.7. The molecule has 5 nitrogen and oxygen atoms in total. The van der Waals surface area contributed by atoms with E-state index in [-0.39, 0.29) is 5.82 Å². The molecule has 0 aromatic heterocycles. The third-order valence-corrected chi connectivity index (χ3v) is 6.79. The molecule has 4 rings (SSSR count). The maximum atomic E-state index is 13.7. The second kappa shape index (κ2) is 12.5. The number of para-hydroxylation sites is 2. The van der Waals surface area contributed by atoms with E-state index in [0.717, 1.165) is 67.1 Å². The van der Waals surface area contributed by atoms with Crippen molar-refractivity contribution in [2.75, 3.05) is 33.4 Å². The molecule has 1 heterocycles. The summed E-state index contributed by atoms with van der Waals surface area (Å²) in [6.07, 6.45) is 4.40. The molecule has 0 fully saturated rings. The van der Waals surface area contributed by atoms with Gasteiger partial charge in [0.15, 0.2) is 11.5 Å². The van der Waals surface area contributed by atoms with Gasteiger partial charge < -0.3 is 14.2 Å². The summed E-state index contributed by atoms with van der Waals surface area (Å²) in [5.41, 5.74) is 2.95. The summed E-state index contributed by atoms with van der Waals surface area (Å²) < 4.78 is 31.5.